The van der Waals surface area contributed by atoms with Crippen LogP contribution in [0.1, 0.15) is 23.8 Å². The summed E-state index contributed by atoms with van der Waals surface area (Å²) >= 11 is 1.48. The fraction of sp³-hybridized carbons (Fsp3) is 0.389. The minimum atomic E-state index is -0.894. The molecule has 25 heavy (non-hydrogen) atoms. The molecule has 3 heterocycles. The van der Waals surface area contributed by atoms with Crippen LogP contribution in [0, 0.1) is 17.6 Å². The van der Waals surface area contributed by atoms with Crippen LogP contribution in [0.15, 0.2) is 41.5 Å². The molecule has 0 unspecified atom stereocenters. The summed E-state index contributed by atoms with van der Waals surface area (Å²) in [5.74, 6) is -0.418. The predicted molar refractivity (Wildman–Crippen MR) is 94.3 cm³/mol. The third-order valence-corrected chi connectivity index (χ3v) is 6.09. The number of amidine groups is 1. The van der Waals surface area contributed by atoms with Gasteiger partial charge in [0.15, 0.2) is 5.17 Å². The Balaban J connectivity index is 1.74. The van der Waals surface area contributed by atoms with Crippen molar-refractivity contribution in [2.75, 3.05) is 12.4 Å². The van der Waals surface area contributed by atoms with E-state index in [1.54, 1.807) is 0 Å². The standard InChI is InChI=1S/C18H19F2N3OS/c1-23-6-2-3-15(23)16-7-11-9-25-17(21)22-18(11,10-24-16)13-5-4-12(19)8-14(13)20/h2-6,8,11,16H,7,9-10H2,1H3,(H2,21,22)/t11-,16+,18-/m0/s1. The van der Waals surface area contributed by atoms with Gasteiger partial charge in [-0.1, -0.05) is 17.8 Å². The Bertz CT molecular complexity index is 837. The number of hydrogen-bond donors (Lipinski definition) is 1. The first-order chi connectivity index (χ1) is 12.0. The van der Waals surface area contributed by atoms with Crippen molar-refractivity contribution < 1.29 is 13.5 Å². The number of halogens is 2. The number of ether oxygens (including phenoxy) is 1. The molecule has 0 radical (unpaired) electrons. The van der Waals surface area contributed by atoms with Crippen molar-refractivity contribution in [2.24, 2.45) is 23.7 Å². The second-order valence-electron chi connectivity index (χ2n) is 6.59. The minimum absolute atomic E-state index is 0.0541. The molecule has 0 amide bonds. The van der Waals surface area contributed by atoms with Crippen LogP contribution in [0.5, 0.6) is 0 Å². The highest BCUT2D eigenvalue weighted by Crippen LogP contribution is 2.49. The van der Waals surface area contributed by atoms with Crippen molar-refractivity contribution in [3.63, 3.8) is 0 Å². The fourth-order valence-electron chi connectivity index (χ4n) is 3.82. The van der Waals surface area contributed by atoms with E-state index in [0.717, 1.165) is 17.5 Å². The van der Waals surface area contributed by atoms with E-state index in [-0.39, 0.29) is 18.6 Å². The molecule has 4 nitrogen and oxygen atoms in total. The summed E-state index contributed by atoms with van der Waals surface area (Å²) in [6.07, 6.45) is 2.61. The van der Waals surface area contributed by atoms with Crippen LogP contribution < -0.4 is 5.73 Å². The van der Waals surface area contributed by atoms with Crippen LogP contribution >= 0.6 is 11.8 Å². The van der Waals surface area contributed by atoms with Crippen molar-refractivity contribution in [3.8, 4) is 0 Å². The Morgan fingerprint density at radius 2 is 2.20 bits per heavy atom. The van der Waals surface area contributed by atoms with Crippen molar-refractivity contribution in [2.45, 2.75) is 18.1 Å². The van der Waals surface area contributed by atoms with Gasteiger partial charge in [-0.25, -0.2) is 13.8 Å². The summed E-state index contributed by atoms with van der Waals surface area (Å²) in [4.78, 5) is 4.60. The number of nitrogens with zero attached hydrogens (tertiary/aromatic N) is 2. The third-order valence-electron chi connectivity index (χ3n) is 5.13. The van der Waals surface area contributed by atoms with Gasteiger partial charge in [0.2, 0.25) is 0 Å². The molecule has 0 saturated carbocycles. The zero-order valence-corrected chi connectivity index (χ0v) is 14.6. The molecule has 7 heteroatoms. The summed E-state index contributed by atoms with van der Waals surface area (Å²) in [6.45, 7) is 0.220. The minimum Gasteiger partial charge on any atom is -0.379 e. The van der Waals surface area contributed by atoms with Crippen LogP contribution in [0.3, 0.4) is 0 Å². The van der Waals surface area contributed by atoms with E-state index < -0.39 is 17.2 Å². The number of aliphatic imine (C=N–C) groups is 1. The summed E-state index contributed by atoms with van der Waals surface area (Å²) in [5.41, 5.74) is 6.50. The molecular weight excluding hydrogens is 344 g/mol. The number of aryl methyl sites for hydroxylation is 1. The van der Waals surface area contributed by atoms with Crippen molar-refractivity contribution in [1.29, 1.82) is 0 Å². The molecule has 2 aliphatic rings. The number of hydrogen-bond acceptors (Lipinski definition) is 4. The smallest absolute Gasteiger partial charge is 0.154 e. The number of aromatic nitrogens is 1. The summed E-state index contributed by atoms with van der Waals surface area (Å²) < 4.78 is 36.1. The second-order valence-corrected chi connectivity index (χ2v) is 7.63. The SMILES string of the molecule is Cn1cccc1[C@H]1C[C@H]2CSC(N)=N[C@@]2(c2ccc(F)cc2F)CO1. The average molecular weight is 363 g/mol. The van der Waals surface area contributed by atoms with Gasteiger partial charge in [-0.15, -0.1) is 0 Å². The Kier molecular flexibility index (Phi) is 4.08. The van der Waals surface area contributed by atoms with E-state index in [2.05, 4.69) is 4.99 Å². The molecule has 3 atom stereocenters. The normalized spacial score (nSPS) is 29.2. The molecule has 2 N–H and O–H groups in total. The molecule has 0 spiro atoms. The molecule has 132 valence electrons. The van der Waals surface area contributed by atoms with E-state index in [1.165, 1.54) is 23.9 Å². The average Bonchev–Trinajstić information content (AvgIpc) is 3.00. The van der Waals surface area contributed by atoms with Crippen LogP contribution in [0.4, 0.5) is 8.78 Å². The maximum Gasteiger partial charge on any atom is 0.154 e. The van der Waals surface area contributed by atoms with Gasteiger partial charge < -0.3 is 15.0 Å². The van der Waals surface area contributed by atoms with Gasteiger partial charge in [0.05, 0.1) is 12.7 Å². The lowest BCUT2D eigenvalue weighted by atomic mass is 9.74. The van der Waals surface area contributed by atoms with Gasteiger partial charge in [-0.2, -0.15) is 0 Å². The van der Waals surface area contributed by atoms with Crippen LogP contribution in [-0.4, -0.2) is 22.1 Å². The number of rotatable bonds is 2. The van der Waals surface area contributed by atoms with E-state index in [0.29, 0.717) is 17.2 Å². The molecule has 0 aliphatic carbocycles. The summed E-state index contributed by atoms with van der Waals surface area (Å²) in [7, 11) is 1.98. The molecule has 4 rings (SSSR count). The lowest BCUT2D eigenvalue weighted by Crippen LogP contribution is -2.48. The lowest BCUT2D eigenvalue weighted by Gasteiger charge is -2.46. The van der Waals surface area contributed by atoms with Gasteiger partial charge in [0, 0.05) is 42.2 Å². The summed E-state index contributed by atoms with van der Waals surface area (Å²) in [6, 6.07) is 7.64. The molecule has 2 aromatic rings. The van der Waals surface area contributed by atoms with E-state index in [9.17, 15) is 8.78 Å². The van der Waals surface area contributed by atoms with Gasteiger partial charge in [0.25, 0.3) is 0 Å². The maximum atomic E-state index is 14.5. The largest absolute Gasteiger partial charge is 0.379 e. The number of fused-ring (bicyclic) bond motifs is 1. The first-order valence-electron chi connectivity index (χ1n) is 8.16. The maximum absolute atomic E-state index is 14.5. The molecule has 2 aliphatic heterocycles. The van der Waals surface area contributed by atoms with Gasteiger partial charge in [0.1, 0.15) is 17.2 Å². The highest BCUT2D eigenvalue weighted by atomic mass is 32.2. The number of thioether (sulfide) groups is 1. The Morgan fingerprint density at radius 1 is 1.36 bits per heavy atom. The topological polar surface area (TPSA) is 52.5 Å². The number of benzene rings is 1. The van der Waals surface area contributed by atoms with Crippen molar-refractivity contribution >= 4 is 16.9 Å². The first-order valence-corrected chi connectivity index (χ1v) is 9.14. The molecule has 0 bridgehead atoms. The van der Waals surface area contributed by atoms with Crippen LogP contribution in [-0.2, 0) is 17.3 Å². The first kappa shape index (κ1) is 16.6. The van der Waals surface area contributed by atoms with Gasteiger partial charge >= 0.3 is 0 Å². The zero-order valence-electron chi connectivity index (χ0n) is 13.8. The van der Waals surface area contributed by atoms with Crippen molar-refractivity contribution in [3.05, 3.63) is 59.4 Å². The lowest BCUT2D eigenvalue weighted by molar-refractivity contribution is -0.0617. The van der Waals surface area contributed by atoms with Gasteiger partial charge in [-0.3, -0.25) is 0 Å². The predicted octanol–water partition coefficient (Wildman–Crippen LogP) is 3.34. The van der Waals surface area contributed by atoms with Crippen LogP contribution in [0.2, 0.25) is 0 Å². The number of nitrogens with two attached hydrogens (primary N) is 1. The monoisotopic (exact) mass is 363 g/mol. The molecule has 1 fully saturated rings. The zero-order chi connectivity index (χ0) is 17.6. The van der Waals surface area contributed by atoms with E-state index >= 15 is 0 Å². The van der Waals surface area contributed by atoms with E-state index in [1.807, 2.05) is 29.9 Å². The van der Waals surface area contributed by atoms with Gasteiger partial charge in [-0.05, 0) is 24.6 Å². The fourth-order valence-corrected chi connectivity index (χ4v) is 4.84. The van der Waals surface area contributed by atoms with Crippen molar-refractivity contribution in [1.82, 2.24) is 4.57 Å². The summed E-state index contributed by atoms with van der Waals surface area (Å²) in [5, 5.41) is 0.417. The molecule has 1 aromatic heterocycles. The highest BCUT2D eigenvalue weighted by molar-refractivity contribution is 8.13. The molecular formula is C18H19F2N3OS. The quantitative estimate of drug-likeness (QED) is 0.890. The van der Waals surface area contributed by atoms with E-state index in [4.69, 9.17) is 10.5 Å². The van der Waals surface area contributed by atoms with Crippen LogP contribution in [0.25, 0.3) is 0 Å². The third kappa shape index (κ3) is 2.75. The Morgan fingerprint density at radius 3 is 2.92 bits per heavy atom. The highest BCUT2D eigenvalue weighted by Gasteiger charge is 2.49. The second kappa shape index (κ2) is 6.14. The Hall–Kier alpha value is -1.86. The molecule has 1 saturated heterocycles. The molecule has 1 aromatic carbocycles. The Labute approximate surface area is 149 Å².